The lowest BCUT2D eigenvalue weighted by molar-refractivity contribution is -0.0292. The van der Waals surface area contributed by atoms with Crippen molar-refractivity contribution in [3.05, 3.63) is 62.7 Å². The van der Waals surface area contributed by atoms with Crippen molar-refractivity contribution in [2.75, 3.05) is 13.1 Å². The first-order valence-corrected chi connectivity index (χ1v) is 8.28. The Morgan fingerprint density at radius 2 is 1.88 bits per heavy atom. The maximum Gasteiger partial charge on any atom is 0.227 e. The summed E-state index contributed by atoms with van der Waals surface area (Å²) in [4.78, 5) is 13.7. The van der Waals surface area contributed by atoms with E-state index in [0.717, 1.165) is 5.56 Å². The van der Waals surface area contributed by atoms with Crippen LogP contribution in [0.15, 0.2) is 39.5 Å². The van der Waals surface area contributed by atoms with Crippen LogP contribution < -0.4 is 5.43 Å². The third-order valence-corrected chi connectivity index (χ3v) is 4.80. The maximum atomic E-state index is 11.6. The highest BCUT2D eigenvalue weighted by atomic mass is 35.5. The van der Waals surface area contributed by atoms with Crippen molar-refractivity contribution < 1.29 is 14.6 Å². The first-order valence-electron chi connectivity index (χ1n) is 7.91. The molecule has 0 aliphatic carbocycles. The zero-order valence-electron chi connectivity index (χ0n) is 13.5. The zero-order valence-corrected chi connectivity index (χ0v) is 14.2. The minimum Gasteiger partial charge on any atom is -0.502 e. The molecular weight excluding hydrogens is 330 g/mol. The minimum absolute atomic E-state index is 0.275. The fourth-order valence-electron chi connectivity index (χ4n) is 3.10. The Balaban J connectivity index is 1.69. The molecular formula is C18H20ClNO4. The van der Waals surface area contributed by atoms with E-state index in [9.17, 15) is 15.0 Å². The van der Waals surface area contributed by atoms with Crippen LogP contribution in [0.25, 0.3) is 0 Å². The van der Waals surface area contributed by atoms with Crippen molar-refractivity contribution in [3.8, 4) is 5.75 Å². The van der Waals surface area contributed by atoms with Crippen LogP contribution in [0.4, 0.5) is 0 Å². The fraction of sp³-hybridized carbons (Fsp3) is 0.389. The van der Waals surface area contributed by atoms with E-state index in [-0.39, 0.29) is 11.5 Å². The highest BCUT2D eigenvalue weighted by Crippen LogP contribution is 2.34. The molecule has 6 heteroatoms. The second-order valence-electron chi connectivity index (χ2n) is 6.31. The van der Waals surface area contributed by atoms with Crippen LogP contribution >= 0.6 is 11.6 Å². The quantitative estimate of drug-likeness (QED) is 0.891. The Morgan fingerprint density at radius 1 is 1.25 bits per heavy atom. The van der Waals surface area contributed by atoms with Gasteiger partial charge in [0.05, 0.1) is 12.1 Å². The number of rotatable bonds is 3. The summed E-state index contributed by atoms with van der Waals surface area (Å²) in [6, 6.07) is 8.53. The van der Waals surface area contributed by atoms with E-state index >= 15 is 0 Å². The molecule has 0 amide bonds. The molecule has 1 fully saturated rings. The Kier molecular flexibility index (Phi) is 4.67. The molecule has 24 heavy (non-hydrogen) atoms. The second-order valence-corrected chi connectivity index (χ2v) is 6.74. The van der Waals surface area contributed by atoms with Crippen LogP contribution in [0.3, 0.4) is 0 Å². The summed E-state index contributed by atoms with van der Waals surface area (Å²) in [5, 5.41) is 21.4. The van der Waals surface area contributed by atoms with Crippen LogP contribution in [0, 0.1) is 6.92 Å². The Hall–Kier alpha value is -1.82. The van der Waals surface area contributed by atoms with Crippen molar-refractivity contribution in [3.63, 3.8) is 0 Å². The van der Waals surface area contributed by atoms with Gasteiger partial charge in [0.1, 0.15) is 5.76 Å². The van der Waals surface area contributed by atoms with Crippen molar-refractivity contribution in [2.45, 2.75) is 31.9 Å². The Morgan fingerprint density at radius 3 is 2.50 bits per heavy atom. The molecule has 128 valence electrons. The number of aryl methyl sites for hydroxylation is 1. The second kappa shape index (κ2) is 6.59. The molecule has 1 saturated heterocycles. The molecule has 1 aliphatic heterocycles. The van der Waals surface area contributed by atoms with Crippen LogP contribution in [-0.2, 0) is 12.1 Å². The molecule has 2 heterocycles. The van der Waals surface area contributed by atoms with E-state index < -0.39 is 11.0 Å². The molecule has 1 aromatic heterocycles. The van der Waals surface area contributed by atoms with E-state index in [0.29, 0.717) is 43.3 Å². The summed E-state index contributed by atoms with van der Waals surface area (Å²) in [7, 11) is 0. The smallest absolute Gasteiger partial charge is 0.227 e. The van der Waals surface area contributed by atoms with Gasteiger partial charge < -0.3 is 14.6 Å². The van der Waals surface area contributed by atoms with Gasteiger partial charge in [-0.3, -0.25) is 9.69 Å². The number of hydrogen-bond acceptors (Lipinski definition) is 5. The van der Waals surface area contributed by atoms with Gasteiger partial charge in [0.2, 0.25) is 11.2 Å². The molecule has 0 bridgehead atoms. The highest BCUT2D eigenvalue weighted by molar-refractivity contribution is 6.30. The third kappa shape index (κ3) is 3.48. The van der Waals surface area contributed by atoms with Gasteiger partial charge in [-0.05, 0) is 37.5 Å². The number of nitrogens with zero attached hydrogens (tertiary/aromatic N) is 1. The summed E-state index contributed by atoms with van der Waals surface area (Å²) >= 11 is 5.90. The Labute approximate surface area is 145 Å². The minimum atomic E-state index is -0.878. The van der Waals surface area contributed by atoms with Gasteiger partial charge in [-0.15, -0.1) is 0 Å². The molecule has 5 nitrogen and oxygen atoms in total. The standard InChI is InChI=1S/C18H20ClNO4/c1-12-10-15(21)17(22)16(24-12)11-20-8-6-18(23,7-9-20)13-2-4-14(19)5-3-13/h2-5,10,22-23H,6-9,11H2,1H3. The molecule has 1 aromatic carbocycles. The summed E-state index contributed by atoms with van der Waals surface area (Å²) in [6.07, 6.45) is 1.12. The maximum absolute atomic E-state index is 11.6. The van der Waals surface area contributed by atoms with E-state index in [2.05, 4.69) is 4.90 Å². The molecule has 0 atom stereocenters. The van der Waals surface area contributed by atoms with Crippen molar-refractivity contribution >= 4 is 11.6 Å². The highest BCUT2D eigenvalue weighted by Gasteiger charge is 2.34. The number of likely N-dealkylation sites (tertiary alicyclic amines) is 1. The van der Waals surface area contributed by atoms with Crippen molar-refractivity contribution in [2.24, 2.45) is 0 Å². The molecule has 0 saturated carbocycles. The number of hydrogen-bond donors (Lipinski definition) is 2. The van der Waals surface area contributed by atoms with E-state index in [1.807, 2.05) is 12.1 Å². The first-order chi connectivity index (χ1) is 11.4. The number of halogens is 1. The van der Waals surface area contributed by atoms with Gasteiger partial charge in [0.25, 0.3) is 0 Å². The van der Waals surface area contributed by atoms with Crippen LogP contribution in [-0.4, -0.2) is 28.2 Å². The van der Waals surface area contributed by atoms with Crippen molar-refractivity contribution in [1.29, 1.82) is 0 Å². The molecule has 0 radical (unpaired) electrons. The molecule has 1 aliphatic rings. The van der Waals surface area contributed by atoms with Crippen LogP contribution in [0.2, 0.25) is 5.02 Å². The Bertz CT molecular complexity index is 777. The van der Waals surface area contributed by atoms with Gasteiger partial charge in [-0.2, -0.15) is 0 Å². The average Bonchev–Trinajstić information content (AvgIpc) is 2.55. The lowest BCUT2D eigenvalue weighted by Gasteiger charge is -2.38. The van der Waals surface area contributed by atoms with Crippen molar-refractivity contribution in [1.82, 2.24) is 4.90 Å². The predicted octanol–water partition coefficient (Wildman–Crippen LogP) is 2.79. The average molecular weight is 350 g/mol. The van der Waals surface area contributed by atoms with Gasteiger partial charge in [-0.1, -0.05) is 23.7 Å². The zero-order chi connectivity index (χ0) is 17.3. The van der Waals surface area contributed by atoms with Gasteiger partial charge >= 0.3 is 0 Å². The fourth-order valence-corrected chi connectivity index (χ4v) is 3.23. The topological polar surface area (TPSA) is 73.9 Å². The van der Waals surface area contributed by atoms with Crippen LogP contribution in [0.1, 0.15) is 29.9 Å². The first kappa shape index (κ1) is 17.0. The lowest BCUT2D eigenvalue weighted by atomic mass is 9.84. The van der Waals surface area contributed by atoms with Crippen LogP contribution in [0.5, 0.6) is 5.75 Å². The molecule has 2 N–H and O–H groups in total. The van der Waals surface area contributed by atoms with E-state index in [1.54, 1.807) is 19.1 Å². The monoisotopic (exact) mass is 349 g/mol. The molecule has 2 aromatic rings. The van der Waals surface area contributed by atoms with Gasteiger partial charge in [0.15, 0.2) is 5.76 Å². The summed E-state index contributed by atoms with van der Waals surface area (Å²) in [5.41, 5.74) is -0.448. The number of piperidine rings is 1. The number of aliphatic hydroxyl groups is 1. The molecule has 0 spiro atoms. The molecule has 0 unspecified atom stereocenters. The summed E-state index contributed by atoms with van der Waals surface area (Å²) in [5.74, 6) is 0.415. The number of aromatic hydroxyl groups is 1. The van der Waals surface area contributed by atoms with E-state index in [4.69, 9.17) is 16.0 Å². The van der Waals surface area contributed by atoms with E-state index in [1.165, 1.54) is 6.07 Å². The normalized spacial score (nSPS) is 17.8. The number of benzene rings is 1. The summed E-state index contributed by atoms with van der Waals surface area (Å²) in [6.45, 7) is 3.30. The van der Waals surface area contributed by atoms with Gasteiger partial charge in [-0.25, -0.2) is 0 Å². The third-order valence-electron chi connectivity index (χ3n) is 4.55. The lowest BCUT2D eigenvalue weighted by Crippen LogP contribution is -2.42. The largest absolute Gasteiger partial charge is 0.502 e. The van der Waals surface area contributed by atoms with Gasteiger partial charge in [0, 0.05) is 24.2 Å². The summed E-state index contributed by atoms with van der Waals surface area (Å²) < 4.78 is 5.47. The molecule has 3 rings (SSSR count). The SMILES string of the molecule is Cc1cc(=O)c(O)c(CN2CCC(O)(c3ccc(Cl)cc3)CC2)o1. The predicted molar refractivity (Wildman–Crippen MR) is 91.2 cm³/mol.